The van der Waals surface area contributed by atoms with E-state index in [4.69, 9.17) is 11.5 Å². The fourth-order valence-electron chi connectivity index (χ4n) is 4.66. The first-order valence-electron chi connectivity index (χ1n) is 9.21. The Morgan fingerprint density at radius 1 is 1.13 bits per heavy atom. The van der Waals surface area contributed by atoms with E-state index in [0.29, 0.717) is 22.1 Å². The molecule has 1 amide bonds. The second kappa shape index (κ2) is 6.04. The highest BCUT2D eigenvalue weighted by Gasteiger charge is 2.61. The summed E-state index contributed by atoms with van der Waals surface area (Å²) in [5, 5.41) is 43.7. The number of nitrogens with two attached hydrogens (primary N) is 2. The lowest BCUT2D eigenvalue weighted by molar-refractivity contribution is -0.127. The Morgan fingerprint density at radius 3 is 2.37 bits per heavy atom. The van der Waals surface area contributed by atoms with E-state index in [1.54, 1.807) is 26.0 Å². The van der Waals surface area contributed by atoms with Crippen molar-refractivity contribution >= 4 is 28.2 Å². The van der Waals surface area contributed by atoms with Gasteiger partial charge in [0.25, 0.3) is 5.91 Å². The second-order valence-electron chi connectivity index (χ2n) is 7.86. The SMILES string of the molecule is Cc1ccc2c(C)c3c(c(O)c2c1O)C(=O)[C@]1(O)C(O)=C(C(N)=O)C(=O)[C@H](N)C1C3. The van der Waals surface area contributed by atoms with Gasteiger partial charge in [-0.3, -0.25) is 14.4 Å². The summed E-state index contributed by atoms with van der Waals surface area (Å²) in [7, 11) is 0. The van der Waals surface area contributed by atoms with E-state index in [9.17, 15) is 34.8 Å². The molecule has 0 heterocycles. The number of carbonyl (C=O) groups is 3. The van der Waals surface area contributed by atoms with Crippen LogP contribution in [0.25, 0.3) is 10.8 Å². The smallest absolute Gasteiger partial charge is 0.255 e. The number of aliphatic hydroxyl groups is 2. The summed E-state index contributed by atoms with van der Waals surface area (Å²) in [6, 6.07) is 1.86. The number of carbonyl (C=O) groups excluding carboxylic acids is 3. The van der Waals surface area contributed by atoms with Gasteiger partial charge in [0, 0.05) is 5.92 Å². The molecule has 2 aromatic rings. The molecule has 0 aliphatic heterocycles. The van der Waals surface area contributed by atoms with E-state index in [-0.39, 0.29) is 23.1 Å². The summed E-state index contributed by atoms with van der Waals surface area (Å²) in [4.78, 5) is 37.6. The maximum Gasteiger partial charge on any atom is 0.255 e. The van der Waals surface area contributed by atoms with Crippen LogP contribution in [0.4, 0.5) is 0 Å². The number of amides is 1. The van der Waals surface area contributed by atoms with Gasteiger partial charge in [0.05, 0.1) is 17.0 Å². The van der Waals surface area contributed by atoms with Gasteiger partial charge in [0.2, 0.25) is 5.78 Å². The number of primary amides is 1. The summed E-state index contributed by atoms with van der Waals surface area (Å²) in [5.74, 6) is -6.67. The van der Waals surface area contributed by atoms with Gasteiger partial charge in [-0.15, -0.1) is 0 Å². The first-order chi connectivity index (χ1) is 13.9. The molecule has 9 heteroatoms. The second-order valence-corrected chi connectivity index (χ2v) is 7.86. The predicted octanol–water partition coefficient (Wildman–Crippen LogP) is 0.161. The number of aryl methyl sites for hydroxylation is 2. The van der Waals surface area contributed by atoms with Gasteiger partial charge in [-0.05, 0) is 42.3 Å². The fourth-order valence-corrected chi connectivity index (χ4v) is 4.66. The Kier molecular flexibility index (Phi) is 4.00. The van der Waals surface area contributed by atoms with Crippen LogP contribution in [0.3, 0.4) is 0 Å². The van der Waals surface area contributed by atoms with Crippen LogP contribution in [-0.4, -0.2) is 49.5 Å². The number of phenols is 2. The Hall–Kier alpha value is -3.43. The van der Waals surface area contributed by atoms with Crippen molar-refractivity contribution in [3.05, 3.63) is 45.7 Å². The number of fused-ring (bicyclic) bond motifs is 3. The van der Waals surface area contributed by atoms with Crippen LogP contribution in [0.15, 0.2) is 23.5 Å². The van der Waals surface area contributed by atoms with Gasteiger partial charge >= 0.3 is 0 Å². The minimum atomic E-state index is -2.72. The summed E-state index contributed by atoms with van der Waals surface area (Å²) >= 11 is 0. The molecule has 0 spiro atoms. The number of phenolic OH excluding ortho intramolecular Hbond substituents is 2. The number of aliphatic hydroxyl groups excluding tert-OH is 1. The maximum absolute atomic E-state index is 13.4. The number of hydrogen-bond donors (Lipinski definition) is 6. The standard InChI is InChI=1S/C21H20N2O7/c1-6-3-4-8-7(2)9-5-10-14(22)17(26)13(20(23)29)19(28)21(10,30)18(27)12(9)16(25)11(8)15(6)24/h3-4,10,14,24-25,28,30H,5,22H2,1-2H3,(H2,23,29)/t10?,14-,21+/m1/s1. The number of benzene rings is 2. The van der Waals surface area contributed by atoms with Gasteiger partial charge in [-0.2, -0.15) is 0 Å². The highest BCUT2D eigenvalue weighted by Crippen LogP contribution is 2.50. The molecular formula is C21H20N2O7. The Bertz CT molecular complexity index is 1230. The predicted molar refractivity (Wildman–Crippen MR) is 105 cm³/mol. The third-order valence-corrected chi connectivity index (χ3v) is 6.37. The Balaban J connectivity index is 2.11. The zero-order chi connectivity index (χ0) is 22.3. The van der Waals surface area contributed by atoms with Gasteiger partial charge in [0.1, 0.15) is 22.8 Å². The Labute approximate surface area is 170 Å². The van der Waals surface area contributed by atoms with Crippen molar-refractivity contribution in [1.29, 1.82) is 0 Å². The first-order valence-corrected chi connectivity index (χ1v) is 9.21. The van der Waals surface area contributed by atoms with Crippen LogP contribution in [0.5, 0.6) is 11.5 Å². The van der Waals surface area contributed by atoms with Crippen LogP contribution < -0.4 is 11.5 Å². The molecule has 0 fully saturated rings. The van der Waals surface area contributed by atoms with Crippen molar-refractivity contribution in [2.75, 3.05) is 0 Å². The number of aromatic hydroxyl groups is 2. The van der Waals surface area contributed by atoms with Crippen molar-refractivity contribution < 1.29 is 34.8 Å². The molecule has 4 rings (SSSR count). The quantitative estimate of drug-likeness (QED) is 0.358. The van der Waals surface area contributed by atoms with Crippen molar-refractivity contribution in [3.63, 3.8) is 0 Å². The van der Waals surface area contributed by atoms with Crippen molar-refractivity contribution in [2.24, 2.45) is 17.4 Å². The average Bonchev–Trinajstić information content (AvgIpc) is 2.68. The van der Waals surface area contributed by atoms with Crippen molar-refractivity contribution in [1.82, 2.24) is 0 Å². The molecule has 0 radical (unpaired) electrons. The number of rotatable bonds is 1. The van der Waals surface area contributed by atoms with Crippen LogP contribution in [0, 0.1) is 19.8 Å². The third kappa shape index (κ3) is 2.16. The van der Waals surface area contributed by atoms with Gasteiger partial charge in [0.15, 0.2) is 11.4 Å². The molecule has 0 aromatic heterocycles. The molecule has 3 atom stereocenters. The van der Waals surface area contributed by atoms with E-state index < -0.39 is 52.1 Å². The molecular weight excluding hydrogens is 392 g/mol. The van der Waals surface area contributed by atoms with Crippen LogP contribution in [0.2, 0.25) is 0 Å². The zero-order valence-corrected chi connectivity index (χ0v) is 16.2. The van der Waals surface area contributed by atoms with Gasteiger partial charge < -0.3 is 31.9 Å². The summed E-state index contributed by atoms with van der Waals surface area (Å²) in [6.07, 6.45) is -0.134. The first kappa shape index (κ1) is 19.9. The van der Waals surface area contributed by atoms with Crippen LogP contribution >= 0.6 is 0 Å². The summed E-state index contributed by atoms with van der Waals surface area (Å²) < 4.78 is 0. The number of Topliss-reactive ketones (excluding diaryl/α,β-unsaturated/α-hetero) is 2. The molecule has 0 saturated heterocycles. The monoisotopic (exact) mass is 412 g/mol. The van der Waals surface area contributed by atoms with Gasteiger partial charge in [-0.25, -0.2) is 0 Å². The largest absolute Gasteiger partial charge is 0.508 e. The molecule has 156 valence electrons. The fraction of sp³-hybridized carbons (Fsp3) is 0.286. The molecule has 2 aromatic carbocycles. The Morgan fingerprint density at radius 2 is 1.77 bits per heavy atom. The molecule has 0 bridgehead atoms. The summed E-state index contributed by atoms with van der Waals surface area (Å²) in [5.41, 5.74) is 8.49. The lowest BCUT2D eigenvalue weighted by Gasteiger charge is -2.44. The van der Waals surface area contributed by atoms with Gasteiger partial charge in [-0.1, -0.05) is 12.1 Å². The van der Waals surface area contributed by atoms with E-state index in [0.717, 1.165) is 0 Å². The topological polar surface area (TPSA) is 184 Å². The van der Waals surface area contributed by atoms with E-state index >= 15 is 0 Å². The minimum absolute atomic E-state index is 0.0245. The molecule has 30 heavy (non-hydrogen) atoms. The normalized spacial score (nSPS) is 26.0. The highest BCUT2D eigenvalue weighted by atomic mass is 16.3. The molecule has 9 nitrogen and oxygen atoms in total. The van der Waals surface area contributed by atoms with Crippen LogP contribution in [0.1, 0.15) is 27.0 Å². The van der Waals surface area contributed by atoms with Crippen molar-refractivity contribution in [2.45, 2.75) is 31.9 Å². The maximum atomic E-state index is 13.4. The molecule has 1 unspecified atom stereocenters. The zero-order valence-electron chi connectivity index (χ0n) is 16.2. The molecule has 0 saturated carbocycles. The molecule has 8 N–H and O–H groups in total. The lowest BCUT2D eigenvalue weighted by atomic mass is 9.61. The third-order valence-electron chi connectivity index (χ3n) is 6.37. The highest BCUT2D eigenvalue weighted by molar-refractivity contribution is 6.25. The van der Waals surface area contributed by atoms with E-state index in [1.807, 2.05) is 0 Å². The van der Waals surface area contributed by atoms with Crippen molar-refractivity contribution in [3.8, 4) is 11.5 Å². The average molecular weight is 412 g/mol. The number of ketones is 2. The minimum Gasteiger partial charge on any atom is -0.508 e. The lowest BCUT2D eigenvalue weighted by Crippen LogP contribution is -2.64. The van der Waals surface area contributed by atoms with E-state index in [1.165, 1.54) is 0 Å². The van der Waals surface area contributed by atoms with E-state index in [2.05, 4.69) is 0 Å². The summed E-state index contributed by atoms with van der Waals surface area (Å²) in [6.45, 7) is 3.29. The van der Waals surface area contributed by atoms with Crippen LogP contribution in [-0.2, 0) is 16.0 Å². The molecule has 2 aliphatic carbocycles. The number of hydrogen-bond acceptors (Lipinski definition) is 8. The molecule has 2 aliphatic rings.